The van der Waals surface area contributed by atoms with Gasteiger partial charge >= 0.3 is 5.69 Å². The second kappa shape index (κ2) is 7.20. The smallest absolute Gasteiger partial charge is 0.329 e. The van der Waals surface area contributed by atoms with E-state index in [0.29, 0.717) is 28.3 Å². The number of rotatable bonds is 4. The summed E-state index contributed by atoms with van der Waals surface area (Å²) in [4.78, 5) is 43.8. The van der Waals surface area contributed by atoms with Gasteiger partial charge in [-0.25, -0.2) is 4.79 Å². The normalized spacial score (nSPS) is 12.7. The number of nitrogens with zero attached hydrogens (tertiary/aromatic N) is 1. The van der Waals surface area contributed by atoms with E-state index < -0.39 is 5.69 Å². The van der Waals surface area contributed by atoms with Crippen LogP contribution in [-0.2, 0) is 6.42 Å². The van der Waals surface area contributed by atoms with E-state index in [-0.39, 0.29) is 22.9 Å². The van der Waals surface area contributed by atoms with Gasteiger partial charge in [-0.05, 0) is 56.0 Å². The second-order valence-electron chi connectivity index (χ2n) is 7.80. The Bertz CT molecular complexity index is 1390. The average Bonchev–Trinajstić information content (AvgIpc) is 2.68. The standard InChI is InChI=1S/C23H23N3O3/c1-13(2)26-22(28)17-11-15(8-9-20(17)25-23(26)29)10-14(3)18-12-24-19-7-5-4-6-16(19)21(18)27/h4-9,11-14H,10H2,1-3H3,(H,24,27)(H,25,29). The Morgan fingerprint density at radius 1 is 0.931 bits per heavy atom. The van der Waals surface area contributed by atoms with Crippen molar-refractivity contribution in [2.24, 2.45) is 0 Å². The number of para-hydroxylation sites is 1. The van der Waals surface area contributed by atoms with Crippen molar-refractivity contribution in [1.82, 2.24) is 14.5 Å². The second-order valence-corrected chi connectivity index (χ2v) is 7.80. The molecule has 4 aromatic rings. The molecule has 6 nitrogen and oxygen atoms in total. The van der Waals surface area contributed by atoms with Gasteiger partial charge in [-0.3, -0.25) is 14.2 Å². The highest BCUT2D eigenvalue weighted by atomic mass is 16.2. The number of nitrogens with one attached hydrogen (secondary N) is 2. The van der Waals surface area contributed by atoms with E-state index in [1.165, 1.54) is 4.57 Å². The molecule has 2 N–H and O–H groups in total. The summed E-state index contributed by atoms with van der Waals surface area (Å²) in [7, 11) is 0. The maximum absolute atomic E-state index is 12.9. The number of H-pyrrole nitrogens is 2. The van der Waals surface area contributed by atoms with E-state index >= 15 is 0 Å². The predicted octanol–water partition coefficient (Wildman–Crippen LogP) is 3.46. The van der Waals surface area contributed by atoms with Gasteiger partial charge in [-0.1, -0.05) is 25.1 Å². The van der Waals surface area contributed by atoms with Crippen LogP contribution >= 0.6 is 0 Å². The number of pyridine rings is 1. The zero-order valence-corrected chi connectivity index (χ0v) is 16.7. The van der Waals surface area contributed by atoms with Gasteiger partial charge < -0.3 is 9.97 Å². The van der Waals surface area contributed by atoms with Crippen molar-refractivity contribution < 1.29 is 0 Å². The number of hydrogen-bond acceptors (Lipinski definition) is 3. The lowest BCUT2D eigenvalue weighted by Gasteiger charge is -2.14. The molecule has 0 saturated carbocycles. The van der Waals surface area contributed by atoms with Gasteiger partial charge in [0.25, 0.3) is 5.56 Å². The summed E-state index contributed by atoms with van der Waals surface area (Å²) in [6.07, 6.45) is 2.39. The zero-order chi connectivity index (χ0) is 20.7. The van der Waals surface area contributed by atoms with Crippen molar-refractivity contribution in [3.8, 4) is 0 Å². The third-order valence-corrected chi connectivity index (χ3v) is 5.40. The van der Waals surface area contributed by atoms with Crippen LogP contribution < -0.4 is 16.7 Å². The van der Waals surface area contributed by atoms with Gasteiger partial charge in [0.15, 0.2) is 5.43 Å². The lowest BCUT2D eigenvalue weighted by molar-refractivity contribution is 0.552. The van der Waals surface area contributed by atoms with Crippen LogP contribution in [0.3, 0.4) is 0 Å². The number of aromatic amines is 2. The molecule has 1 atom stereocenters. The molecule has 0 amide bonds. The summed E-state index contributed by atoms with van der Waals surface area (Å²) in [5.74, 6) is -0.0316. The fraction of sp³-hybridized carbons (Fsp3) is 0.261. The molecule has 2 aromatic carbocycles. The SMILES string of the molecule is CC(Cc1ccc2[nH]c(=O)n(C(C)C)c(=O)c2c1)c1c[nH]c2ccccc2c1=O. The molecular formula is C23H23N3O3. The molecule has 0 radical (unpaired) electrons. The van der Waals surface area contributed by atoms with Crippen LogP contribution in [0.2, 0.25) is 0 Å². The van der Waals surface area contributed by atoms with Crippen molar-refractivity contribution in [2.45, 2.75) is 39.2 Å². The number of hydrogen-bond donors (Lipinski definition) is 2. The van der Waals surface area contributed by atoms with E-state index in [9.17, 15) is 14.4 Å². The predicted molar refractivity (Wildman–Crippen MR) is 116 cm³/mol. The summed E-state index contributed by atoms with van der Waals surface area (Å²) in [6.45, 7) is 5.61. The third-order valence-electron chi connectivity index (χ3n) is 5.40. The molecule has 29 heavy (non-hydrogen) atoms. The van der Waals surface area contributed by atoms with Crippen molar-refractivity contribution in [3.63, 3.8) is 0 Å². The fourth-order valence-corrected chi connectivity index (χ4v) is 3.88. The van der Waals surface area contributed by atoms with Crippen molar-refractivity contribution in [3.05, 3.63) is 90.8 Å². The number of aromatic nitrogens is 3. The first kappa shape index (κ1) is 18.9. The molecule has 0 aliphatic heterocycles. The molecule has 2 heterocycles. The highest BCUT2D eigenvalue weighted by Crippen LogP contribution is 2.21. The molecule has 6 heteroatoms. The lowest BCUT2D eigenvalue weighted by Crippen LogP contribution is -2.36. The van der Waals surface area contributed by atoms with Crippen LogP contribution in [0.5, 0.6) is 0 Å². The monoisotopic (exact) mass is 389 g/mol. The van der Waals surface area contributed by atoms with Crippen LogP contribution in [0, 0.1) is 0 Å². The Hall–Kier alpha value is -3.41. The Kier molecular flexibility index (Phi) is 4.70. The number of fused-ring (bicyclic) bond motifs is 2. The number of benzene rings is 2. The minimum absolute atomic E-state index is 0.0270. The molecule has 0 saturated heterocycles. The summed E-state index contributed by atoms with van der Waals surface area (Å²) in [5, 5.41) is 1.16. The molecule has 4 rings (SSSR count). The molecule has 1 unspecified atom stereocenters. The van der Waals surface area contributed by atoms with Crippen molar-refractivity contribution in [2.75, 3.05) is 0 Å². The van der Waals surface area contributed by atoms with Gasteiger partial charge in [0.2, 0.25) is 0 Å². The molecule has 0 spiro atoms. The van der Waals surface area contributed by atoms with Crippen LogP contribution in [0.1, 0.15) is 43.9 Å². The van der Waals surface area contributed by atoms with Crippen LogP contribution in [0.25, 0.3) is 21.8 Å². The molecule has 0 fully saturated rings. The molecule has 0 aliphatic rings. The molecule has 0 aliphatic carbocycles. The first-order valence-corrected chi connectivity index (χ1v) is 9.74. The minimum atomic E-state index is -0.402. The molecule has 148 valence electrons. The molecule has 2 aromatic heterocycles. The van der Waals surface area contributed by atoms with Crippen LogP contribution in [0.4, 0.5) is 0 Å². The Balaban J connectivity index is 1.74. The summed E-state index contributed by atoms with van der Waals surface area (Å²) in [5.41, 5.74) is 2.33. The Morgan fingerprint density at radius 2 is 1.69 bits per heavy atom. The van der Waals surface area contributed by atoms with E-state index in [1.807, 2.05) is 43.3 Å². The van der Waals surface area contributed by atoms with Gasteiger partial charge in [0, 0.05) is 28.7 Å². The Labute approximate surface area is 166 Å². The van der Waals surface area contributed by atoms with Gasteiger partial charge in [-0.15, -0.1) is 0 Å². The Morgan fingerprint density at radius 3 is 2.45 bits per heavy atom. The highest BCUT2D eigenvalue weighted by Gasteiger charge is 2.15. The summed E-state index contributed by atoms with van der Waals surface area (Å²) < 4.78 is 1.23. The topological polar surface area (TPSA) is 87.7 Å². The van der Waals surface area contributed by atoms with E-state index in [4.69, 9.17) is 0 Å². The van der Waals surface area contributed by atoms with Crippen LogP contribution in [-0.4, -0.2) is 14.5 Å². The van der Waals surface area contributed by atoms with Gasteiger partial charge in [-0.2, -0.15) is 0 Å². The van der Waals surface area contributed by atoms with E-state index in [1.54, 1.807) is 26.1 Å². The fourth-order valence-electron chi connectivity index (χ4n) is 3.88. The maximum atomic E-state index is 12.9. The average molecular weight is 389 g/mol. The molecule has 0 bridgehead atoms. The van der Waals surface area contributed by atoms with Crippen molar-refractivity contribution >= 4 is 21.8 Å². The minimum Gasteiger partial charge on any atom is -0.361 e. The van der Waals surface area contributed by atoms with E-state index in [2.05, 4.69) is 9.97 Å². The summed E-state index contributed by atoms with van der Waals surface area (Å²) in [6, 6.07) is 12.7. The lowest BCUT2D eigenvalue weighted by atomic mass is 9.93. The van der Waals surface area contributed by atoms with E-state index in [0.717, 1.165) is 11.1 Å². The summed E-state index contributed by atoms with van der Waals surface area (Å²) >= 11 is 0. The van der Waals surface area contributed by atoms with Crippen molar-refractivity contribution in [1.29, 1.82) is 0 Å². The zero-order valence-electron chi connectivity index (χ0n) is 16.7. The third kappa shape index (κ3) is 3.31. The maximum Gasteiger partial charge on any atom is 0.329 e. The van der Waals surface area contributed by atoms with Crippen LogP contribution in [0.15, 0.2) is 63.0 Å². The van der Waals surface area contributed by atoms with Gasteiger partial charge in [0.05, 0.1) is 10.9 Å². The highest BCUT2D eigenvalue weighted by molar-refractivity contribution is 5.79. The quantitative estimate of drug-likeness (QED) is 0.560. The first-order valence-electron chi connectivity index (χ1n) is 9.74. The van der Waals surface area contributed by atoms with Gasteiger partial charge in [0.1, 0.15) is 0 Å². The first-order chi connectivity index (χ1) is 13.9. The largest absolute Gasteiger partial charge is 0.361 e. The molecular weight excluding hydrogens is 366 g/mol.